The molecule has 1 atom stereocenters. The fraction of sp³-hybridized carbons (Fsp3) is 0.783. The zero-order chi connectivity index (χ0) is 37.1. The van der Waals surface area contributed by atoms with Gasteiger partial charge in [-0.25, -0.2) is 0 Å². The molecule has 0 radical (unpaired) electrons. The van der Waals surface area contributed by atoms with Crippen molar-refractivity contribution in [3.05, 3.63) is 48.6 Å². The van der Waals surface area contributed by atoms with E-state index in [-0.39, 0.29) is 25.2 Å². The lowest BCUT2D eigenvalue weighted by atomic mass is 10.0. The Labute approximate surface area is 316 Å². The molecule has 0 heterocycles. The van der Waals surface area contributed by atoms with Crippen LogP contribution in [0.15, 0.2) is 48.6 Å². The van der Waals surface area contributed by atoms with E-state index in [4.69, 9.17) is 9.47 Å². The number of hydrogen-bond acceptors (Lipinski definition) is 5. The van der Waals surface area contributed by atoms with E-state index in [2.05, 4.69) is 62.5 Å². The quantitative estimate of drug-likeness (QED) is 0.0390. The standard InChI is InChI=1S/C46H82O5/c1-3-5-7-9-11-13-15-17-19-20-21-22-23-24-25-27-28-30-32-34-36-38-40-45(48)50-43-44(42-47)51-46(49)41-39-37-35-33-31-29-26-18-16-14-12-10-8-6-4-2/h6,8,12,14,18,26,31,33,44,47H,3-5,7,9-11,13,15-17,19-25,27-30,32,34-43H2,1-2H3/b8-6+,14-12+,26-18+,33-31+/t44-/m0/s1. The van der Waals surface area contributed by atoms with Gasteiger partial charge in [0.1, 0.15) is 6.61 Å². The lowest BCUT2D eigenvalue weighted by molar-refractivity contribution is -0.161. The summed E-state index contributed by atoms with van der Waals surface area (Å²) in [4.78, 5) is 24.3. The van der Waals surface area contributed by atoms with Gasteiger partial charge in [0.2, 0.25) is 0 Å². The number of allylic oxidation sites excluding steroid dienone is 8. The van der Waals surface area contributed by atoms with E-state index in [0.29, 0.717) is 12.8 Å². The van der Waals surface area contributed by atoms with Crippen LogP contribution >= 0.6 is 0 Å². The van der Waals surface area contributed by atoms with Crippen molar-refractivity contribution in [3.8, 4) is 0 Å². The number of carbonyl (C=O) groups excluding carboxylic acids is 2. The Bertz CT molecular complexity index is 858. The summed E-state index contributed by atoms with van der Waals surface area (Å²) in [5, 5.41) is 9.56. The molecule has 0 bridgehead atoms. The minimum Gasteiger partial charge on any atom is -0.462 e. The van der Waals surface area contributed by atoms with E-state index in [9.17, 15) is 14.7 Å². The van der Waals surface area contributed by atoms with Crippen molar-refractivity contribution in [1.82, 2.24) is 0 Å². The average molecular weight is 715 g/mol. The predicted octanol–water partition coefficient (Wildman–Crippen LogP) is 13.8. The molecule has 0 aromatic rings. The highest BCUT2D eigenvalue weighted by atomic mass is 16.6. The topological polar surface area (TPSA) is 72.8 Å². The van der Waals surface area contributed by atoms with Crippen molar-refractivity contribution in [1.29, 1.82) is 0 Å². The van der Waals surface area contributed by atoms with Crippen molar-refractivity contribution in [2.75, 3.05) is 13.2 Å². The highest BCUT2D eigenvalue weighted by Crippen LogP contribution is 2.16. The number of ether oxygens (including phenoxy) is 2. The predicted molar refractivity (Wildman–Crippen MR) is 219 cm³/mol. The van der Waals surface area contributed by atoms with Crippen LogP contribution in [-0.4, -0.2) is 36.4 Å². The van der Waals surface area contributed by atoms with Crippen molar-refractivity contribution in [2.24, 2.45) is 0 Å². The van der Waals surface area contributed by atoms with E-state index in [1.54, 1.807) is 0 Å². The maximum absolute atomic E-state index is 12.2. The molecule has 0 spiro atoms. The molecule has 0 aliphatic rings. The van der Waals surface area contributed by atoms with Gasteiger partial charge >= 0.3 is 11.9 Å². The molecular formula is C46H82O5. The molecule has 0 aliphatic heterocycles. The fourth-order valence-electron chi connectivity index (χ4n) is 6.13. The second-order valence-corrected chi connectivity index (χ2v) is 14.4. The van der Waals surface area contributed by atoms with E-state index in [1.165, 1.54) is 122 Å². The number of aliphatic hydroxyl groups is 1. The minimum atomic E-state index is -0.791. The van der Waals surface area contributed by atoms with Crippen LogP contribution in [0.25, 0.3) is 0 Å². The van der Waals surface area contributed by atoms with Gasteiger partial charge in [0.25, 0.3) is 0 Å². The van der Waals surface area contributed by atoms with Gasteiger partial charge in [-0.15, -0.1) is 0 Å². The van der Waals surface area contributed by atoms with E-state index in [0.717, 1.165) is 64.2 Å². The first kappa shape index (κ1) is 48.9. The number of unbranched alkanes of at least 4 members (excludes halogenated alkanes) is 23. The lowest BCUT2D eigenvalue weighted by Crippen LogP contribution is -2.28. The average Bonchev–Trinajstić information content (AvgIpc) is 3.13. The van der Waals surface area contributed by atoms with Crippen LogP contribution in [0.3, 0.4) is 0 Å². The van der Waals surface area contributed by atoms with Gasteiger partial charge in [-0.3, -0.25) is 9.59 Å². The monoisotopic (exact) mass is 715 g/mol. The van der Waals surface area contributed by atoms with Gasteiger partial charge in [0.05, 0.1) is 6.61 Å². The Morgan fingerprint density at radius 2 is 0.843 bits per heavy atom. The Kier molecular flexibility index (Phi) is 40.5. The molecule has 0 aromatic heterocycles. The van der Waals surface area contributed by atoms with Crippen LogP contribution in [0, 0.1) is 0 Å². The first-order valence-corrected chi connectivity index (χ1v) is 21.7. The van der Waals surface area contributed by atoms with Crippen molar-refractivity contribution in [2.45, 2.75) is 219 Å². The second kappa shape index (κ2) is 42.3. The molecule has 5 heteroatoms. The fourth-order valence-corrected chi connectivity index (χ4v) is 6.13. The molecule has 0 fully saturated rings. The summed E-state index contributed by atoms with van der Waals surface area (Å²) in [6.45, 7) is 4.00. The molecule has 0 saturated heterocycles. The van der Waals surface area contributed by atoms with Gasteiger partial charge in [0, 0.05) is 12.8 Å². The third-order valence-corrected chi connectivity index (χ3v) is 9.39. The summed E-state index contributed by atoms with van der Waals surface area (Å²) >= 11 is 0. The SMILES string of the molecule is CC/C=C/C/C=C/C/C=C/C/C=C/CCCCC(=O)O[C@@H](CO)COC(=O)CCCCCCCCCCCCCCCCCCCCCCCC. The van der Waals surface area contributed by atoms with Gasteiger partial charge in [-0.1, -0.05) is 197 Å². The summed E-state index contributed by atoms with van der Waals surface area (Å²) in [6.07, 6.45) is 53.4. The molecule has 0 rings (SSSR count). The van der Waals surface area contributed by atoms with Gasteiger partial charge in [0.15, 0.2) is 6.10 Å². The lowest BCUT2D eigenvalue weighted by Gasteiger charge is -2.15. The highest BCUT2D eigenvalue weighted by molar-refractivity contribution is 5.70. The molecule has 1 N–H and O–H groups in total. The summed E-state index contributed by atoms with van der Waals surface area (Å²) in [5.41, 5.74) is 0. The minimum absolute atomic E-state index is 0.0810. The molecule has 0 amide bonds. The molecule has 0 unspecified atom stereocenters. The van der Waals surface area contributed by atoms with Crippen LogP contribution in [0.5, 0.6) is 0 Å². The summed E-state index contributed by atoms with van der Waals surface area (Å²) < 4.78 is 10.6. The second-order valence-electron chi connectivity index (χ2n) is 14.4. The number of rotatable bonds is 39. The molecule has 0 aromatic carbocycles. The summed E-state index contributed by atoms with van der Waals surface area (Å²) in [5.74, 6) is -0.634. The smallest absolute Gasteiger partial charge is 0.306 e. The van der Waals surface area contributed by atoms with E-state index in [1.807, 2.05) is 0 Å². The maximum atomic E-state index is 12.2. The Morgan fingerprint density at radius 3 is 1.27 bits per heavy atom. The third kappa shape index (κ3) is 40.5. The van der Waals surface area contributed by atoms with E-state index < -0.39 is 6.10 Å². The van der Waals surface area contributed by atoms with Crippen LogP contribution in [-0.2, 0) is 19.1 Å². The van der Waals surface area contributed by atoms with Gasteiger partial charge < -0.3 is 14.6 Å². The van der Waals surface area contributed by atoms with Crippen LogP contribution in [0.1, 0.15) is 213 Å². The first-order valence-electron chi connectivity index (χ1n) is 21.7. The summed E-state index contributed by atoms with van der Waals surface area (Å²) in [6, 6.07) is 0. The molecule has 296 valence electrons. The van der Waals surface area contributed by atoms with Gasteiger partial charge in [-0.05, 0) is 51.4 Å². The number of esters is 2. The molecular weight excluding hydrogens is 633 g/mol. The number of carbonyl (C=O) groups is 2. The Balaban J connectivity index is 3.53. The molecule has 5 nitrogen and oxygen atoms in total. The molecule has 51 heavy (non-hydrogen) atoms. The largest absolute Gasteiger partial charge is 0.462 e. The van der Waals surface area contributed by atoms with Crippen LogP contribution in [0.4, 0.5) is 0 Å². The number of hydrogen-bond donors (Lipinski definition) is 1. The Hall–Kier alpha value is -2.14. The Morgan fingerprint density at radius 1 is 0.471 bits per heavy atom. The zero-order valence-electron chi connectivity index (χ0n) is 33.6. The van der Waals surface area contributed by atoms with Crippen molar-refractivity contribution < 1.29 is 24.2 Å². The van der Waals surface area contributed by atoms with Crippen LogP contribution < -0.4 is 0 Å². The zero-order valence-corrected chi connectivity index (χ0v) is 33.6. The van der Waals surface area contributed by atoms with Crippen molar-refractivity contribution >= 4 is 11.9 Å². The third-order valence-electron chi connectivity index (χ3n) is 9.39. The normalized spacial score (nSPS) is 12.6. The number of aliphatic hydroxyl groups excluding tert-OH is 1. The van der Waals surface area contributed by atoms with Crippen molar-refractivity contribution in [3.63, 3.8) is 0 Å². The summed E-state index contributed by atoms with van der Waals surface area (Å²) in [7, 11) is 0. The molecule has 0 aliphatic carbocycles. The van der Waals surface area contributed by atoms with Gasteiger partial charge in [-0.2, -0.15) is 0 Å². The van der Waals surface area contributed by atoms with E-state index >= 15 is 0 Å². The first-order chi connectivity index (χ1) is 25.1. The van der Waals surface area contributed by atoms with Crippen LogP contribution in [0.2, 0.25) is 0 Å². The highest BCUT2D eigenvalue weighted by Gasteiger charge is 2.16. The molecule has 0 saturated carbocycles. The maximum Gasteiger partial charge on any atom is 0.306 e.